The minimum Gasteiger partial charge on any atom is -0.295 e. The highest BCUT2D eigenvalue weighted by molar-refractivity contribution is 5.82. The van der Waals surface area contributed by atoms with Crippen LogP contribution in [0.4, 0.5) is 0 Å². The van der Waals surface area contributed by atoms with E-state index in [2.05, 4.69) is 12.7 Å². The van der Waals surface area contributed by atoms with Gasteiger partial charge in [-0.1, -0.05) is 6.58 Å². The molecule has 0 saturated heterocycles. The fourth-order valence-corrected chi connectivity index (χ4v) is 0. The quantitative estimate of drug-likeness (QED) is 0.411. The molecule has 1 radical (unpaired) electrons. The Morgan fingerprint density at radius 1 is 2.00 bits per heavy atom. The summed E-state index contributed by atoms with van der Waals surface area (Å²) >= 11 is 0. The van der Waals surface area contributed by atoms with Crippen LogP contribution in [0.15, 0.2) is 6.58 Å². The lowest BCUT2D eigenvalue weighted by Gasteiger charge is -1.61. The SMILES string of the molecule is C=[C]C(C)=O. The molecule has 5 heavy (non-hydrogen) atoms. The number of carbonyl (C=O) groups is 1. The molecule has 1 nitrogen and oxygen atoms in total. The Bertz CT molecular complexity index is 54.7. The molecule has 0 aromatic heterocycles. The van der Waals surface area contributed by atoms with Gasteiger partial charge in [-0.2, -0.15) is 0 Å². The Labute approximate surface area is 31.3 Å². The van der Waals surface area contributed by atoms with E-state index in [0.717, 1.165) is 0 Å². The zero-order valence-corrected chi connectivity index (χ0v) is 3.12. The average molecular weight is 69.1 g/mol. The lowest BCUT2D eigenvalue weighted by molar-refractivity contribution is -0.113. The first-order chi connectivity index (χ1) is 2.27. The zero-order chi connectivity index (χ0) is 4.28. The van der Waals surface area contributed by atoms with Crippen molar-refractivity contribution in [2.75, 3.05) is 0 Å². The molecule has 27 valence electrons. The molecule has 0 spiro atoms. The largest absolute Gasteiger partial charge is 0.295 e. The van der Waals surface area contributed by atoms with Gasteiger partial charge >= 0.3 is 0 Å². The van der Waals surface area contributed by atoms with Crippen molar-refractivity contribution >= 4 is 5.78 Å². The van der Waals surface area contributed by atoms with Gasteiger partial charge in [0.25, 0.3) is 0 Å². The summed E-state index contributed by atoms with van der Waals surface area (Å²) in [5, 5.41) is 0. The van der Waals surface area contributed by atoms with Crippen LogP contribution >= 0.6 is 0 Å². The monoisotopic (exact) mass is 69.0 g/mol. The molecule has 0 aliphatic heterocycles. The van der Waals surface area contributed by atoms with E-state index >= 15 is 0 Å². The molecule has 1 heteroatoms. The lowest BCUT2D eigenvalue weighted by Crippen LogP contribution is -1.75. The molecular formula is C4H5O. The van der Waals surface area contributed by atoms with Crippen LogP contribution in [0.5, 0.6) is 0 Å². The summed E-state index contributed by atoms with van der Waals surface area (Å²) in [4.78, 5) is 9.64. The summed E-state index contributed by atoms with van der Waals surface area (Å²) in [5.74, 6) is -0.106. The predicted octanol–water partition coefficient (Wildman–Crippen LogP) is 0.565. The molecule has 0 aliphatic rings. The molecule has 0 amide bonds. The van der Waals surface area contributed by atoms with Crippen LogP contribution in [0.2, 0.25) is 0 Å². The third kappa shape index (κ3) is 3.41. The number of hydrogen-bond donors (Lipinski definition) is 0. The van der Waals surface area contributed by atoms with Crippen LogP contribution in [0.1, 0.15) is 6.92 Å². The lowest BCUT2D eigenvalue weighted by atomic mass is 10.5. The minimum atomic E-state index is -0.106. The van der Waals surface area contributed by atoms with Crippen LogP contribution in [0.25, 0.3) is 0 Å². The highest BCUT2D eigenvalue weighted by Crippen LogP contribution is 1.58. The molecule has 0 N–H and O–H groups in total. The van der Waals surface area contributed by atoms with Crippen molar-refractivity contribution in [3.8, 4) is 0 Å². The molecule has 0 aromatic rings. The van der Waals surface area contributed by atoms with Gasteiger partial charge in [0.1, 0.15) is 0 Å². The third-order valence-electron chi connectivity index (χ3n) is 0.249. The van der Waals surface area contributed by atoms with E-state index in [4.69, 9.17) is 0 Å². The van der Waals surface area contributed by atoms with Gasteiger partial charge < -0.3 is 0 Å². The van der Waals surface area contributed by atoms with Crippen molar-refractivity contribution in [1.82, 2.24) is 0 Å². The van der Waals surface area contributed by atoms with E-state index in [9.17, 15) is 4.79 Å². The molecule has 0 bridgehead atoms. The fourth-order valence-electron chi connectivity index (χ4n) is 0. The summed E-state index contributed by atoms with van der Waals surface area (Å²) in [6, 6.07) is 0. The number of rotatable bonds is 1. The predicted molar refractivity (Wildman–Crippen MR) is 19.6 cm³/mol. The summed E-state index contributed by atoms with van der Waals surface area (Å²) in [6.45, 7) is 4.50. The van der Waals surface area contributed by atoms with Gasteiger partial charge in [-0.05, 0) is 6.92 Å². The molecule has 0 atom stereocenters. The maximum Gasteiger partial charge on any atom is 0.159 e. The van der Waals surface area contributed by atoms with Crippen LogP contribution in [0.3, 0.4) is 0 Å². The Kier molecular flexibility index (Phi) is 1.50. The maximum atomic E-state index is 9.64. The van der Waals surface area contributed by atoms with Gasteiger partial charge in [-0.15, -0.1) is 0 Å². The van der Waals surface area contributed by atoms with E-state index in [1.165, 1.54) is 6.92 Å². The Morgan fingerprint density at radius 3 is 2.20 bits per heavy atom. The number of carbonyl (C=O) groups excluding carboxylic acids is 1. The van der Waals surface area contributed by atoms with Crippen molar-refractivity contribution in [3.05, 3.63) is 12.7 Å². The Hall–Kier alpha value is -0.590. The standard InChI is InChI=1S/C4H5O/c1-3-4(2)5/h1H2,2H3. The van der Waals surface area contributed by atoms with Crippen LogP contribution in [-0.2, 0) is 4.79 Å². The Morgan fingerprint density at radius 2 is 2.20 bits per heavy atom. The topological polar surface area (TPSA) is 17.1 Å². The molecule has 0 fully saturated rings. The van der Waals surface area contributed by atoms with Gasteiger partial charge in [-0.25, -0.2) is 0 Å². The van der Waals surface area contributed by atoms with E-state index in [1.807, 2.05) is 0 Å². The summed E-state index contributed by atoms with van der Waals surface area (Å²) in [7, 11) is 0. The van der Waals surface area contributed by atoms with Crippen molar-refractivity contribution in [2.45, 2.75) is 6.92 Å². The van der Waals surface area contributed by atoms with Gasteiger partial charge in [0.05, 0.1) is 0 Å². The molecule has 0 rings (SSSR count). The van der Waals surface area contributed by atoms with E-state index in [1.54, 1.807) is 0 Å². The minimum absolute atomic E-state index is 0.106. The van der Waals surface area contributed by atoms with Crippen molar-refractivity contribution < 1.29 is 4.79 Å². The smallest absolute Gasteiger partial charge is 0.159 e. The first kappa shape index (κ1) is 4.41. The van der Waals surface area contributed by atoms with Crippen molar-refractivity contribution in [3.63, 3.8) is 0 Å². The highest BCUT2D eigenvalue weighted by atomic mass is 16.1. The number of hydrogen-bond acceptors (Lipinski definition) is 1. The number of Topliss-reactive ketones (excluding diaryl/α,β-unsaturated/α-hetero) is 1. The van der Waals surface area contributed by atoms with Crippen LogP contribution < -0.4 is 0 Å². The van der Waals surface area contributed by atoms with Crippen molar-refractivity contribution in [1.29, 1.82) is 0 Å². The maximum absolute atomic E-state index is 9.64. The summed E-state index contributed by atoms with van der Waals surface area (Å²) in [5.41, 5.74) is 0. The summed E-state index contributed by atoms with van der Waals surface area (Å²) in [6.07, 6.45) is 2.14. The van der Waals surface area contributed by atoms with Crippen LogP contribution in [0, 0.1) is 6.08 Å². The normalized spacial score (nSPS) is 6.60. The fraction of sp³-hybridized carbons (Fsp3) is 0.250. The molecular weight excluding hydrogens is 64.0 g/mol. The van der Waals surface area contributed by atoms with E-state index < -0.39 is 0 Å². The highest BCUT2D eigenvalue weighted by Gasteiger charge is 1.71. The van der Waals surface area contributed by atoms with Crippen LogP contribution in [-0.4, -0.2) is 5.78 Å². The van der Waals surface area contributed by atoms with Gasteiger partial charge in [0.15, 0.2) is 5.78 Å². The Balaban J connectivity index is 3.20. The number of ketones is 1. The third-order valence-corrected chi connectivity index (χ3v) is 0.249. The van der Waals surface area contributed by atoms with Gasteiger partial charge in [-0.3, -0.25) is 4.79 Å². The van der Waals surface area contributed by atoms with Crippen molar-refractivity contribution in [2.24, 2.45) is 0 Å². The molecule has 0 saturated carbocycles. The van der Waals surface area contributed by atoms with Gasteiger partial charge in [0, 0.05) is 6.08 Å². The second-order valence-electron chi connectivity index (χ2n) is 0.733. The molecule has 0 aromatic carbocycles. The first-order valence-electron chi connectivity index (χ1n) is 1.31. The van der Waals surface area contributed by atoms with Gasteiger partial charge in [0.2, 0.25) is 0 Å². The first-order valence-corrected chi connectivity index (χ1v) is 1.31. The van der Waals surface area contributed by atoms with E-state index in [0.29, 0.717) is 0 Å². The molecule has 0 unspecified atom stereocenters. The zero-order valence-electron chi connectivity index (χ0n) is 3.12. The second-order valence-corrected chi connectivity index (χ2v) is 0.733. The summed E-state index contributed by atoms with van der Waals surface area (Å²) < 4.78 is 0. The molecule has 0 aliphatic carbocycles. The van der Waals surface area contributed by atoms with E-state index in [-0.39, 0.29) is 5.78 Å². The second kappa shape index (κ2) is 1.70. The average Bonchev–Trinajstić information content (AvgIpc) is 1.38. The number of allylic oxidation sites excluding steroid dienone is 1. The molecule has 0 heterocycles.